The Morgan fingerprint density at radius 1 is 0.289 bits per heavy atom. The molecule has 576 valence electrons. The van der Waals surface area contributed by atoms with Crippen LogP contribution in [0.25, 0.3) is 0 Å². The fourth-order valence-electron chi connectivity index (χ4n) is 11.9. The smallest absolute Gasteiger partial charge is 0.462 e. The Labute approximate surface area is 594 Å². The molecule has 19 heteroatoms. The minimum Gasteiger partial charge on any atom is -0.462 e. The SMILES string of the molecule is CCC(C)CCCCCCCCC(=O)OC[C@H](COP(=O)(O)OC[C@H](O)COP(=O)(O)OC[C@@H](COC(=O)CCCCCCCCCCCCCCCCCCCCC(C)C)OC(=O)CCCCCCCCCCCCCC(C)C)OC(=O)CCCCCCCCCCCC(C)C. The summed E-state index contributed by atoms with van der Waals surface area (Å²) < 4.78 is 68.6. The molecule has 3 N–H and O–H groups in total. The van der Waals surface area contributed by atoms with Gasteiger partial charge in [-0.1, -0.05) is 344 Å². The lowest BCUT2D eigenvalue weighted by molar-refractivity contribution is -0.161. The summed E-state index contributed by atoms with van der Waals surface area (Å²) in [6.07, 6.45) is 52.9. The molecule has 0 bridgehead atoms. The van der Waals surface area contributed by atoms with E-state index in [-0.39, 0.29) is 25.7 Å². The molecule has 97 heavy (non-hydrogen) atoms. The number of phosphoric ester groups is 2. The van der Waals surface area contributed by atoms with Gasteiger partial charge in [-0.05, 0) is 49.4 Å². The molecular weight excluding hydrogens is 1270 g/mol. The van der Waals surface area contributed by atoms with E-state index in [0.717, 1.165) is 120 Å². The molecule has 0 aromatic heterocycles. The molecule has 0 aromatic rings. The molecule has 0 saturated heterocycles. The van der Waals surface area contributed by atoms with Crippen molar-refractivity contribution >= 4 is 39.5 Å². The minimum atomic E-state index is -4.96. The number of esters is 4. The first-order chi connectivity index (χ1) is 46.6. The number of unbranched alkanes of at least 4 members (excludes halogenated alkanes) is 40. The van der Waals surface area contributed by atoms with Gasteiger partial charge in [0.25, 0.3) is 0 Å². The van der Waals surface area contributed by atoms with E-state index >= 15 is 0 Å². The molecule has 0 amide bonds. The van der Waals surface area contributed by atoms with Crippen molar-refractivity contribution in [1.82, 2.24) is 0 Å². The third-order valence-electron chi connectivity index (χ3n) is 18.4. The summed E-state index contributed by atoms with van der Waals surface area (Å²) in [5.41, 5.74) is 0. The number of hydrogen-bond donors (Lipinski definition) is 3. The molecule has 0 aliphatic carbocycles. The Bertz CT molecular complexity index is 1900. The number of ether oxygens (including phenoxy) is 4. The molecule has 0 rings (SSSR count). The van der Waals surface area contributed by atoms with Gasteiger partial charge in [0, 0.05) is 25.7 Å². The summed E-state index contributed by atoms with van der Waals surface area (Å²) in [6, 6.07) is 0. The number of carbonyl (C=O) groups excluding carboxylic acids is 4. The Morgan fingerprint density at radius 3 is 0.732 bits per heavy atom. The lowest BCUT2D eigenvalue weighted by Crippen LogP contribution is -2.30. The highest BCUT2D eigenvalue weighted by molar-refractivity contribution is 7.47. The summed E-state index contributed by atoms with van der Waals surface area (Å²) in [5, 5.41) is 10.6. The summed E-state index contributed by atoms with van der Waals surface area (Å²) in [4.78, 5) is 72.8. The van der Waals surface area contributed by atoms with Gasteiger partial charge in [-0.25, -0.2) is 9.13 Å². The number of phosphoric acid groups is 2. The fraction of sp³-hybridized carbons (Fsp3) is 0.949. The minimum absolute atomic E-state index is 0.104. The zero-order chi connectivity index (χ0) is 71.7. The van der Waals surface area contributed by atoms with E-state index in [1.807, 2.05) is 0 Å². The highest BCUT2D eigenvalue weighted by Gasteiger charge is 2.30. The van der Waals surface area contributed by atoms with Gasteiger partial charge in [0.15, 0.2) is 12.2 Å². The van der Waals surface area contributed by atoms with Crippen LogP contribution in [-0.4, -0.2) is 96.7 Å². The van der Waals surface area contributed by atoms with Crippen molar-refractivity contribution in [2.24, 2.45) is 23.7 Å². The second-order valence-corrected chi connectivity index (χ2v) is 32.7. The summed E-state index contributed by atoms with van der Waals surface area (Å²) in [5.74, 6) is 0.935. The number of carbonyl (C=O) groups is 4. The summed E-state index contributed by atoms with van der Waals surface area (Å²) in [6.45, 7) is 14.2. The summed E-state index contributed by atoms with van der Waals surface area (Å²) in [7, 11) is -9.91. The van der Waals surface area contributed by atoms with Gasteiger partial charge in [0.2, 0.25) is 0 Å². The Kier molecular flexibility index (Phi) is 65.9. The highest BCUT2D eigenvalue weighted by atomic mass is 31.2. The lowest BCUT2D eigenvalue weighted by atomic mass is 10.00. The second kappa shape index (κ2) is 67.2. The van der Waals surface area contributed by atoms with Crippen LogP contribution in [0.3, 0.4) is 0 Å². The Hall–Kier alpha value is -1.94. The first-order valence-corrected chi connectivity index (χ1v) is 43.2. The van der Waals surface area contributed by atoms with Crippen molar-refractivity contribution in [2.75, 3.05) is 39.6 Å². The van der Waals surface area contributed by atoms with Gasteiger partial charge >= 0.3 is 39.5 Å². The molecule has 0 heterocycles. The van der Waals surface area contributed by atoms with E-state index in [2.05, 4.69) is 55.4 Å². The van der Waals surface area contributed by atoms with Gasteiger partial charge in [0.1, 0.15) is 19.3 Å². The molecular formula is C78H152O17P2. The largest absolute Gasteiger partial charge is 0.472 e. The predicted molar refractivity (Wildman–Crippen MR) is 395 cm³/mol. The van der Waals surface area contributed by atoms with Crippen LogP contribution in [0.1, 0.15) is 396 Å². The molecule has 6 atom stereocenters. The van der Waals surface area contributed by atoms with E-state index in [0.29, 0.717) is 25.7 Å². The van der Waals surface area contributed by atoms with Crippen LogP contribution >= 0.6 is 15.6 Å². The molecule has 0 fully saturated rings. The average molecular weight is 1420 g/mol. The van der Waals surface area contributed by atoms with Crippen LogP contribution in [0.15, 0.2) is 0 Å². The molecule has 0 aliphatic rings. The van der Waals surface area contributed by atoms with E-state index in [1.165, 1.54) is 193 Å². The van der Waals surface area contributed by atoms with E-state index in [4.69, 9.17) is 37.0 Å². The third kappa shape index (κ3) is 70.9. The van der Waals surface area contributed by atoms with Crippen molar-refractivity contribution in [1.29, 1.82) is 0 Å². The zero-order valence-electron chi connectivity index (χ0n) is 63.7. The molecule has 0 spiro atoms. The summed E-state index contributed by atoms with van der Waals surface area (Å²) >= 11 is 0. The standard InChI is InChI=1S/C78H152O17P2/c1-9-71(8)57-49-41-36-37-43-51-59-76(81)89-65-74(95-78(83)61-53-45-35-29-23-26-32-40-48-56-70(6)7)67-93-97(86,87)91-63-72(79)62-90-96(84,85)92-66-73(94-77(82)60-52-44-34-28-22-18-20-25-31-39-47-55-69(4)5)64-88-75(80)58-50-42-33-27-21-17-15-13-11-10-12-14-16-19-24-30-38-46-54-68(2)3/h68-74,79H,9-67H2,1-8H3,(H,84,85)(H,86,87)/t71?,72-,73-,74-/m1/s1. The maximum Gasteiger partial charge on any atom is 0.472 e. The monoisotopic (exact) mass is 1420 g/mol. The number of aliphatic hydroxyl groups is 1. The predicted octanol–water partition coefficient (Wildman–Crippen LogP) is 22.8. The maximum absolute atomic E-state index is 13.1. The van der Waals surface area contributed by atoms with Crippen LogP contribution in [0.4, 0.5) is 0 Å². The lowest BCUT2D eigenvalue weighted by Gasteiger charge is -2.21. The zero-order valence-corrected chi connectivity index (χ0v) is 65.5. The average Bonchev–Trinajstić information content (AvgIpc) is 1.27. The Balaban J connectivity index is 5.20. The van der Waals surface area contributed by atoms with Crippen LogP contribution in [0.2, 0.25) is 0 Å². The maximum atomic E-state index is 13.1. The number of hydrogen-bond acceptors (Lipinski definition) is 15. The highest BCUT2D eigenvalue weighted by Crippen LogP contribution is 2.45. The topological polar surface area (TPSA) is 237 Å². The van der Waals surface area contributed by atoms with Crippen molar-refractivity contribution < 1.29 is 80.2 Å². The van der Waals surface area contributed by atoms with E-state index in [9.17, 15) is 43.2 Å². The third-order valence-corrected chi connectivity index (χ3v) is 20.3. The fourth-order valence-corrected chi connectivity index (χ4v) is 13.5. The molecule has 3 unspecified atom stereocenters. The van der Waals surface area contributed by atoms with E-state index < -0.39 is 97.5 Å². The van der Waals surface area contributed by atoms with Crippen molar-refractivity contribution in [3.05, 3.63) is 0 Å². The van der Waals surface area contributed by atoms with Crippen LogP contribution < -0.4 is 0 Å². The van der Waals surface area contributed by atoms with Gasteiger partial charge in [-0.3, -0.25) is 37.3 Å². The van der Waals surface area contributed by atoms with Crippen LogP contribution in [0, 0.1) is 23.7 Å². The first-order valence-electron chi connectivity index (χ1n) is 40.2. The quantitative estimate of drug-likeness (QED) is 0.0222. The molecule has 0 aromatic carbocycles. The Morgan fingerprint density at radius 2 is 0.495 bits per heavy atom. The van der Waals surface area contributed by atoms with Crippen molar-refractivity contribution in [3.63, 3.8) is 0 Å². The molecule has 17 nitrogen and oxygen atoms in total. The van der Waals surface area contributed by atoms with E-state index in [1.54, 1.807) is 0 Å². The molecule has 0 saturated carbocycles. The van der Waals surface area contributed by atoms with Gasteiger partial charge < -0.3 is 33.8 Å². The number of aliphatic hydroxyl groups excluding tert-OH is 1. The second-order valence-electron chi connectivity index (χ2n) is 29.8. The van der Waals surface area contributed by atoms with Gasteiger partial charge in [0.05, 0.1) is 26.4 Å². The van der Waals surface area contributed by atoms with Crippen LogP contribution in [-0.2, 0) is 65.4 Å². The van der Waals surface area contributed by atoms with Crippen LogP contribution in [0.5, 0.6) is 0 Å². The molecule has 0 aliphatic heterocycles. The van der Waals surface area contributed by atoms with Crippen molar-refractivity contribution in [3.8, 4) is 0 Å². The van der Waals surface area contributed by atoms with Gasteiger partial charge in [-0.2, -0.15) is 0 Å². The normalized spacial score (nSPS) is 14.4. The first kappa shape index (κ1) is 95.1. The molecule has 0 radical (unpaired) electrons. The van der Waals surface area contributed by atoms with Gasteiger partial charge in [-0.15, -0.1) is 0 Å². The van der Waals surface area contributed by atoms with Crippen molar-refractivity contribution in [2.45, 2.75) is 414 Å². The number of rotatable bonds is 75.